The number of phenols is 3. The third-order valence-corrected chi connectivity index (χ3v) is 4.66. The van der Waals surface area contributed by atoms with E-state index in [1.54, 1.807) is 12.1 Å². The van der Waals surface area contributed by atoms with Crippen LogP contribution in [0, 0.1) is 0 Å². The molecule has 1 aliphatic rings. The minimum absolute atomic E-state index is 0.0446. The van der Waals surface area contributed by atoms with Crippen LogP contribution in [0.2, 0.25) is 0 Å². The number of rotatable bonds is 4. The average Bonchev–Trinajstić information content (AvgIpc) is 2.65. The van der Waals surface area contributed by atoms with E-state index >= 15 is 0 Å². The highest BCUT2D eigenvalue weighted by atomic mass is 16.5. The highest BCUT2D eigenvalue weighted by Gasteiger charge is 2.43. The van der Waals surface area contributed by atoms with Crippen LogP contribution in [0.1, 0.15) is 41.4 Å². The number of carbonyl (C=O) groups is 1. The van der Waals surface area contributed by atoms with Crippen LogP contribution in [0.3, 0.4) is 0 Å². The second kappa shape index (κ2) is 7.44. The molecule has 0 bridgehead atoms. The SMILES string of the molecule is COc1c(O)c(CC=C(C)C)c2c(c1O)C(=O)[C@@H](O)[C@@H](c1ccccc1O)O2. The summed E-state index contributed by atoms with van der Waals surface area (Å²) in [6, 6.07) is 6.18. The standard InChI is InChI=1S/C21H22O7/c1-10(2)8-9-12-15(23)21(27-3)17(25)14-16(24)18(26)20(28-19(12)14)11-6-4-5-7-13(11)22/h4-8,18,20,22-23,25-26H,9H2,1-3H3/t18-,20-/m1/s1. The molecule has 2 aromatic carbocycles. The minimum Gasteiger partial charge on any atom is -0.508 e. The van der Waals surface area contributed by atoms with E-state index < -0.39 is 23.7 Å². The van der Waals surface area contributed by atoms with Crippen molar-refractivity contribution >= 4 is 5.78 Å². The highest BCUT2D eigenvalue weighted by Crippen LogP contribution is 2.52. The van der Waals surface area contributed by atoms with Crippen LogP contribution in [0.5, 0.6) is 28.7 Å². The molecule has 2 atom stereocenters. The number of aliphatic hydroxyl groups excluding tert-OH is 1. The van der Waals surface area contributed by atoms with Crippen molar-refractivity contribution in [2.24, 2.45) is 0 Å². The summed E-state index contributed by atoms with van der Waals surface area (Å²) in [5.41, 5.74) is 1.18. The molecule has 0 unspecified atom stereocenters. The normalized spacial score (nSPS) is 18.2. The first kappa shape index (κ1) is 19.6. The van der Waals surface area contributed by atoms with Crippen molar-refractivity contribution in [1.82, 2.24) is 0 Å². The molecule has 7 nitrogen and oxygen atoms in total. The zero-order valence-electron chi connectivity index (χ0n) is 15.8. The van der Waals surface area contributed by atoms with Crippen LogP contribution in [-0.4, -0.2) is 39.4 Å². The van der Waals surface area contributed by atoms with E-state index in [2.05, 4.69) is 0 Å². The number of ether oxygens (including phenoxy) is 2. The summed E-state index contributed by atoms with van der Waals surface area (Å²) < 4.78 is 10.9. The molecular formula is C21H22O7. The molecule has 3 rings (SSSR count). The van der Waals surface area contributed by atoms with Gasteiger partial charge in [-0.2, -0.15) is 0 Å². The number of aliphatic hydroxyl groups is 1. The Kier molecular flexibility index (Phi) is 5.20. The van der Waals surface area contributed by atoms with Crippen molar-refractivity contribution in [1.29, 1.82) is 0 Å². The minimum atomic E-state index is -1.66. The van der Waals surface area contributed by atoms with Crippen LogP contribution in [-0.2, 0) is 6.42 Å². The average molecular weight is 386 g/mol. The molecular weight excluding hydrogens is 364 g/mol. The second-order valence-electron chi connectivity index (χ2n) is 6.81. The Morgan fingerprint density at radius 3 is 2.46 bits per heavy atom. The Balaban J connectivity index is 2.24. The Morgan fingerprint density at radius 2 is 1.86 bits per heavy atom. The summed E-state index contributed by atoms with van der Waals surface area (Å²) in [6.45, 7) is 3.75. The molecule has 0 aliphatic carbocycles. The molecule has 4 N–H and O–H groups in total. The summed E-state index contributed by atoms with van der Waals surface area (Å²) in [5, 5.41) is 41.7. The van der Waals surface area contributed by atoms with Gasteiger partial charge in [-0.05, 0) is 26.3 Å². The Labute approximate surface area is 162 Å². The molecule has 28 heavy (non-hydrogen) atoms. The number of ketones is 1. The van der Waals surface area contributed by atoms with Crippen molar-refractivity contribution in [3.63, 3.8) is 0 Å². The summed E-state index contributed by atoms with van der Waals surface area (Å²) in [7, 11) is 1.25. The molecule has 0 fully saturated rings. The number of para-hydroxylation sites is 1. The molecule has 0 saturated carbocycles. The quantitative estimate of drug-likeness (QED) is 0.597. The van der Waals surface area contributed by atoms with Gasteiger partial charge in [-0.15, -0.1) is 0 Å². The number of hydrogen-bond donors (Lipinski definition) is 4. The Hall–Kier alpha value is -3.19. The number of fused-ring (bicyclic) bond motifs is 1. The van der Waals surface area contributed by atoms with Crippen LogP contribution in [0.25, 0.3) is 0 Å². The van der Waals surface area contributed by atoms with Crippen molar-refractivity contribution in [3.05, 3.63) is 52.6 Å². The Bertz CT molecular complexity index is 958. The molecule has 0 aromatic heterocycles. The van der Waals surface area contributed by atoms with Gasteiger partial charge in [-0.3, -0.25) is 4.79 Å². The largest absolute Gasteiger partial charge is 0.508 e. The smallest absolute Gasteiger partial charge is 0.204 e. The van der Waals surface area contributed by atoms with Crippen molar-refractivity contribution in [2.45, 2.75) is 32.5 Å². The molecule has 0 saturated heterocycles. The number of allylic oxidation sites excluding steroid dienone is 2. The van der Waals surface area contributed by atoms with Crippen molar-refractivity contribution in [2.75, 3.05) is 7.11 Å². The van der Waals surface area contributed by atoms with Gasteiger partial charge in [0, 0.05) is 11.1 Å². The maximum absolute atomic E-state index is 12.9. The lowest BCUT2D eigenvalue weighted by Crippen LogP contribution is -2.36. The number of benzene rings is 2. The second-order valence-corrected chi connectivity index (χ2v) is 6.81. The van der Waals surface area contributed by atoms with E-state index in [-0.39, 0.29) is 46.1 Å². The first-order valence-corrected chi connectivity index (χ1v) is 8.72. The third-order valence-electron chi connectivity index (χ3n) is 4.66. The van der Waals surface area contributed by atoms with Crippen LogP contribution >= 0.6 is 0 Å². The molecule has 0 spiro atoms. The number of aromatic hydroxyl groups is 3. The van der Waals surface area contributed by atoms with E-state index in [4.69, 9.17) is 9.47 Å². The van der Waals surface area contributed by atoms with Gasteiger partial charge in [0.2, 0.25) is 11.5 Å². The van der Waals surface area contributed by atoms with Gasteiger partial charge in [-0.1, -0.05) is 29.8 Å². The highest BCUT2D eigenvalue weighted by molar-refractivity contribution is 6.07. The van der Waals surface area contributed by atoms with Gasteiger partial charge in [0.15, 0.2) is 23.7 Å². The van der Waals surface area contributed by atoms with Crippen molar-refractivity contribution in [3.8, 4) is 28.7 Å². The predicted octanol–water partition coefficient (Wildman–Crippen LogP) is 3.00. The topological polar surface area (TPSA) is 116 Å². The number of carbonyl (C=O) groups excluding carboxylic acids is 1. The van der Waals surface area contributed by atoms with Gasteiger partial charge in [0.25, 0.3) is 0 Å². The molecule has 7 heteroatoms. The predicted molar refractivity (Wildman–Crippen MR) is 101 cm³/mol. The lowest BCUT2D eigenvalue weighted by molar-refractivity contribution is 0.0197. The van der Waals surface area contributed by atoms with E-state index in [0.29, 0.717) is 0 Å². The fraction of sp³-hybridized carbons (Fsp3) is 0.286. The number of methoxy groups -OCH3 is 1. The molecule has 0 amide bonds. The summed E-state index contributed by atoms with van der Waals surface area (Å²) in [4.78, 5) is 12.9. The molecule has 148 valence electrons. The van der Waals surface area contributed by atoms with Gasteiger partial charge in [0.05, 0.1) is 7.11 Å². The maximum atomic E-state index is 12.9. The lowest BCUT2D eigenvalue weighted by Gasteiger charge is -2.32. The first-order valence-electron chi connectivity index (χ1n) is 8.72. The third kappa shape index (κ3) is 3.14. The fourth-order valence-corrected chi connectivity index (χ4v) is 3.21. The number of hydrogen-bond acceptors (Lipinski definition) is 7. The summed E-state index contributed by atoms with van der Waals surface area (Å²) >= 11 is 0. The summed E-state index contributed by atoms with van der Waals surface area (Å²) in [5.74, 6) is -2.19. The van der Waals surface area contributed by atoms with E-state index in [1.165, 1.54) is 19.2 Å². The van der Waals surface area contributed by atoms with E-state index in [9.17, 15) is 25.2 Å². The lowest BCUT2D eigenvalue weighted by atomic mass is 9.89. The van der Waals surface area contributed by atoms with Gasteiger partial charge in [0.1, 0.15) is 17.1 Å². The van der Waals surface area contributed by atoms with Gasteiger partial charge >= 0.3 is 0 Å². The van der Waals surface area contributed by atoms with Crippen molar-refractivity contribution < 1.29 is 34.7 Å². The van der Waals surface area contributed by atoms with Crippen LogP contribution in [0.15, 0.2) is 35.9 Å². The van der Waals surface area contributed by atoms with Gasteiger partial charge < -0.3 is 29.9 Å². The Morgan fingerprint density at radius 1 is 1.18 bits per heavy atom. The first-order chi connectivity index (χ1) is 13.3. The summed E-state index contributed by atoms with van der Waals surface area (Å²) in [6.07, 6.45) is -0.819. The van der Waals surface area contributed by atoms with Crippen LogP contribution < -0.4 is 9.47 Å². The van der Waals surface area contributed by atoms with E-state index in [1.807, 2.05) is 19.9 Å². The monoisotopic (exact) mass is 386 g/mol. The number of Topliss-reactive ketones (excluding diaryl/α,β-unsaturated/α-hetero) is 1. The molecule has 1 heterocycles. The zero-order valence-corrected chi connectivity index (χ0v) is 15.8. The van der Waals surface area contributed by atoms with Gasteiger partial charge in [-0.25, -0.2) is 0 Å². The maximum Gasteiger partial charge on any atom is 0.204 e. The number of phenolic OH excluding ortho intramolecular Hbond substituents is 3. The molecule has 2 aromatic rings. The molecule has 0 radical (unpaired) electrons. The molecule has 1 aliphatic heterocycles. The van der Waals surface area contributed by atoms with Crippen LogP contribution in [0.4, 0.5) is 0 Å². The fourth-order valence-electron chi connectivity index (χ4n) is 3.21. The zero-order chi connectivity index (χ0) is 20.6. The van der Waals surface area contributed by atoms with E-state index in [0.717, 1.165) is 5.57 Å².